The molecule has 0 bridgehead atoms. The van der Waals surface area contributed by atoms with Crippen molar-refractivity contribution in [3.63, 3.8) is 0 Å². The first-order valence-electron chi connectivity index (χ1n) is 8.66. The van der Waals surface area contributed by atoms with Gasteiger partial charge in [0.05, 0.1) is 5.75 Å². The van der Waals surface area contributed by atoms with Crippen molar-refractivity contribution in [1.82, 2.24) is 19.5 Å². The number of hydrogen-bond acceptors (Lipinski definition) is 4. The summed E-state index contributed by atoms with van der Waals surface area (Å²) in [5.41, 5.74) is 0.831. The van der Waals surface area contributed by atoms with Crippen LogP contribution >= 0.6 is 11.8 Å². The van der Waals surface area contributed by atoms with Crippen molar-refractivity contribution in [2.75, 3.05) is 18.8 Å². The fourth-order valence-corrected chi connectivity index (χ4v) is 4.12. The average Bonchev–Trinajstić information content (AvgIpc) is 3.11. The standard InChI is InChI=1S/C19H19FN4OS/c20-15-6-8-16(9-7-15)26-13-18(25)23-10-3-4-14(12-23)19-22-21-17-5-1-2-11-24(17)19/h1-2,5-9,11,14H,3-4,10,12-13H2. The van der Waals surface area contributed by atoms with Crippen LogP contribution in [0.2, 0.25) is 0 Å². The Morgan fingerprint density at radius 2 is 2.04 bits per heavy atom. The Hall–Kier alpha value is -2.41. The maximum Gasteiger partial charge on any atom is 0.232 e. The number of halogens is 1. The maximum absolute atomic E-state index is 13.0. The number of piperidine rings is 1. The third-order valence-corrected chi connectivity index (χ3v) is 5.65. The predicted molar refractivity (Wildman–Crippen MR) is 98.7 cm³/mol. The lowest BCUT2D eigenvalue weighted by Gasteiger charge is -2.32. The second-order valence-electron chi connectivity index (χ2n) is 6.41. The molecule has 1 aromatic carbocycles. The van der Waals surface area contributed by atoms with E-state index in [0.717, 1.165) is 35.8 Å². The summed E-state index contributed by atoms with van der Waals surface area (Å²) >= 11 is 1.44. The summed E-state index contributed by atoms with van der Waals surface area (Å²) in [6.45, 7) is 1.44. The minimum atomic E-state index is -0.264. The molecule has 2 aromatic heterocycles. The van der Waals surface area contributed by atoms with Crippen molar-refractivity contribution in [1.29, 1.82) is 0 Å². The Bertz CT molecular complexity index is 911. The first kappa shape index (κ1) is 17.0. The molecule has 0 aliphatic carbocycles. The molecule has 1 unspecified atom stereocenters. The molecule has 0 N–H and O–H groups in total. The summed E-state index contributed by atoms with van der Waals surface area (Å²) in [5, 5.41) is 8.57. The van der Waals surface area contributed by atoms with E-state index in [2.05, 4.69) is 10.2 Å². The number of nitrogens with zero attached hydrogens (tertiary/aromatic N) is 4. The quantitative estimate of drug-likeness (QED) is 0.661. The molecule has 134 valence electrons. The van der Waals surface area contributed by atoms with Crippen molar-refractivity contribution in [2.45, 2.75) is 23.7 Å². The number of rotatable bonds is 4. The number of aromatic nitrogens is 3. The molecule has 1 aliphatic heterocycles. The van der Waals surface area contributed by atoms with E-state index < -0.39 is 0 Å². The normalized spacial score (nSPS) is 17.6. The molecule has 0 radical (unpaired) electrons. The van der Waals surface area contributed by atoms with Gasteiger partial charge in [-0.3, -0.25) is 9.20 Å². The van der Waals surface area contributed by atoms with Gasteiger partial charge in [0.1, 0.15) is 11.6 Å². The number of carbonyl (C=O) groups excluding carboxylic acids is 1. The molecule has 0 saturated carbocycles. The molecule has 1 fully saturated rings. The summed E-state index contributed by atoms with van der Waals surface area (Å²) in [4.78, 5) is 15.4. The zero-order valence-electron chi connectivity index (χ0n) is 14.2. The van der Waals surface area contributed by atoms with Gasteiger partial charge < -0.3 is 4.90 Å². The van der Waals surface area contributed by atoms with Crippen LogP contribution in [0.4, 0.5) is 4.39 Å². The van der Waals surface area contributed by atoms with Crippen LogP contribution in [0, 0.1) is 5.82 Å². The third kappa shape index (κ3) is 3.58. The van der Waals surface area contributed by atoms with E-state index in [0.29, 0.717) is 12.3 Å². The monoisotopic (exact) mass is 370 g/mol. The summed E-state index contributed by atoms with van der Waals surface area (Å²) in [6, 6.07) is 12.1. The van der Waals surface area contributed by atoms with Gasteiger partial charge >= 0.3 is 0 Å². The van der Waals surface area contributed by atoms with Gasteiger partial charge in [0.15, 0.2) is 5.65 Å². The van der Waals surface area contributed by atoms with Gasteiger partial charge in [-0.1, -0.05) is 6.07 Å². The lowest BCUT2D eigenvalue weighted by Crippen LogP contribution is -2.40. The molecule has 1 atom stereocenters. The number of benzene rings is 1. The number of amides is 1. The van der Waals surface area contributed by atoms with Crippen LogP contribution in [-0.2, 0) is 4.79 Å². The number of fused-ring (bicyclic) bond motifs is 1. The molecular formula is C19H19FN4OS. The molecule has 3 heterocycles. The minimum absolute atomic E-state index is 0.109. The van der Waals surface area contributed by atoms with E-state index in [9.17, 15) is 9.18 Å². The summed E-state index contributed by atoms with van der Waals surface area (Å²) in [7, 11) is 0. The number of thioether (sulfide) groups is 1. The highest BCUT2D eigenvalue weighted by Crippen LogP contribution is 2.27. The molecular weight excluding hydrogens is 351 g/mol. The highest BCUT2D eigenvalue weighted by Gasteiger charge is 2.27. The van der Waals surface area contributed by atoms with Crippen LogP contribution in [0.1, 0.15) is 24.6 Å². The molecule has 1 saturated heterocycles. The van der Waals surface area contributed by atoms with Crippen molar-refractivity contribution in [3.05, 3.63) is 60.3 Å². The van der Waals surface area contributed by atoms with Gasteiger partial charge in [-0.25, -0.2) is 4.39 Å². The fourth-order valence-electron chi connectivity index (χ4n) is 3.32. The summed E-state index contributed by atoms with van der Waals surface area (Å²) in [6.07, 6.45) is 3.93. The lowest BCUT2D eigenvalue weighted by molar-refractivity contribution is -0.129. The first-order chi connectivity index (χ1) is 12.7. The van der Waals surface area contributed by atoms with Crippen molar-refractivity contribution in [3.8, 4) is 0 Å². The van der Waals surface area contributed by atoms with Gasteiger partial charge in [0, 0.05) is 30.1 Å². The minimum Gasteiger partial charge on any atom is -0.341 e. The Morgan fingerprint density at radius 3 is 2.88 bits per heavy atom. The number of carbonyl (C=O) groups is 1. The maximum atomic E-state index is 13.0. The van der Waals surface area contributed by atoms with Crippen LogP contribution < -0.4 is 0 Å². The van der Waals surface area contributed by atoms with E-state index in [1.165, 1.54) is 23.9 Å². The zero-order valence-corrected chi connectivity index (χ0v) is 15.0. The predicted octanol–water partition coefficient (Wildman–Crippen LogP) is 3.37. The van der Waals surface area contributed by atoms with E-state index in [-0.39, 0.29) is 17.6 Å². The smallest absolute Gasteiger partial charge is 0.232 e. The van der Waals surface area contributed by atoms with Gasteiger partial charge in [0.2, 0.25) is 5.91 Å². The van der Waals surface area contributed by atoms with E-state index in [4.69, 9.17) is 0 Å². The van der Waals surface area contributed by atoms with Gasteiger partial charge in [0.25, 0.3) is 0 Å². The average molecular weight is 370 g/mol. The zero-order chi connectivity index (χ0) is 17.9. The molecule has 4 rings (SSSR count). The van der Waals surface area contributed by atoms with E-state index in [1.807, 2.05) is 33.7 Å². The highest BCUT2D eigenvalue weighted by atomic mass is 32.2. The number of hydrogen-bond donors (Lipinski definition) is 0. The molecule has 1 aliphatic rings. The Kier molecular flexibility index (Phi) is 4.88. The second kappa shape index (κ2) is 7.45. The topological polar surface area (TPSA) is 50.5 Å². The molecule has 5 nitrogen and oxygen atoms in total. The fraction of sp³-hybridized carbons (Fsp3) is 0.316. The second-order valence-corrected chi connectivity index (χ2v) is 7.46. The molecule has 26 heavy (non-hydrogen) atoms. The van der Waals surface area contributed by atoms with Crippen LogP contribution in [-0.4, -0.2) is 44.2 Å². The summed E-state index contributed by atoms with van der Waals surface area (Å²) in [5.74, 6) is 1.32. The third-order valence-electron chi connectivity index (χ3n) is 4.66. The Morgan fingerprint density at radius 1 is 1.19 bits per heavy atom. The molecule has 7 heteroatoms. The number of pyridine rings is 1. The molecule has 1 amide bonds. The van der Waals surface area contributed by atoms with E-state index >= 15 is 0 Å². The Balaban J connectivity index is 1.41. The molecule has 0 spiro atoms. The van der Waals surface area contributed by atoms with Crippen molar-refractivity contribution in [2.24, 2.45) is 0 Å². The summed E-state index contributed by atoms with van der Waals surface area (Å²) < 4.78 is 15.0. The van der Waals surface area contributed by atoms with Crippen LogP contribution in [0.15, 0.2) is 53.6 Å². The van der Waals surface area contributed by atoms with Crippen LogP contribution in [0.5, 0.6) is 0 Å². The molecule has 3 aromatic rings. The van der Waals surface area contributed by atoms with Gasteiger partial charge in [-0.15, -0.1) is 22.0 Å². The SMILES string of the molecule is O=C(CSc1ccc(F)cc1)N1CCCC(c2nnc3ccccn23)C1. The lowest BCUT2D eigenvalue weighted by atomic mass is 9.97. The van der Waals surface area contributed by atoms with Gasteiger partial charge in [-0.2, -0.15) is 0 Å². The van der Waals surface area contributed by atoms with E-state index in [1.54, 1.807) is 12.1 Å². The van der Waals surface area contributed by atoms with Gasteiger partial charge in [-0.05, 0) is 49.2 Å². The number of likely N-dealkylation sites (tertiary alicyclic amines) is 1. The highest BCUT2D eigenvalue weighted by molar-refractivity contribution is 8.00. The van der Waals surface area contributed by atoms with Crippen LogP contribution in [0.25, 0.3) is 5.65 Å². The van der Waals surface area contributed by atoms with Crippen molar-refractivity contribution >= 4 is 23.3 Å². The first-order valence-corrected chi connectivity index (χ1v) is 9.65. The van der Waals surface area contributed by atoms with Crippen LogP contribution in [0.3, 0.4) is 0 Å². The van der Waals surface area contributed by atoms with Crippen molar-refractivity contribution < 1.29 is 9.18 Å². The largest absolute Gasteiger partial charge is 0.341 e. The Labute approximate surface area is 155 Å².